The molecule has 3 aliphatic rings. The molecule has 0 radical (unpaired) electrons. The molecule has 2 aromatic carbocycles. The van der Waals surface area contributed by atoms with Crippen LogP contribution in [0.4, 0.5) is 5.69 Å². The highest BCUT2D eigenvalue weighted by molar-refractivity contribution is 7.90. The Morgan fingerprint density at radius 1 is 1.21 bits per heavy atom. The Hall–Kier alpha value is -2.86. The van der Waals surface area contributed by atoms with Crippen LogP contribution in [0.1, 0.15) is 29.6 Å². The molecule has 2 atom stereocenters. The minimum Gasteiger partial charge on any atom is -0.491 e. The molecule has 3 heterocycles. The van der Waals surface area contributed by atoms with E-state index in [2.05, 4.69) is 10.2 Å². The van der Waals surface area contributed by atoms with Crippen LogP contribution in [0.15, 0.2) is 47.4 Å². The molecule has 39 heavy (non-hydrogen) atoms. The maximum Gasteiger partial charge on any atom is 0.253 e. The van der Waals surface area contributed by atoms with E-state index in [1.54, 1.807) is 12.1 Å². The molecule has 1 amide bonds. The van der Waals surface area contributed by atoms with Crippen molar-refractivity contribution in [3.63, 3.8) is 0 Å². The Labute approximate surface area is 229 Å². The summed E-state index contributed by atoms with van der Waals surface area (Å²) in [5.41, 5.74) is 1.39. The van der Waals surface area contributed by atoms with Gasteiger partial charge in [0.05, 0.1) is 29.3 Å². The molecule has 0 bridgehead atoms. The second kappa shape index (κ2) is 11.3. The molecule has 2 saturated heterocycles. The summed E-state index contributed by atoms with van der Waals surface area (Å²) >= 11 is 0. The number of aliphatic hydroxyl groups is 1. The average Bonchev–Trinajstić information content (AvgIpc) is 3.32. The topological polar surface area (TPSA) is 118 Å². The lowest BCUT2D eigenvalue weighted by Gasteiger charge is -2.39. The third-order valence-electron chi connectivity index (χ3n) is 7.79. The van der Waals surface area contributed by atoms with Gasteiger partial charge in [-0.15, -0.1) is 0 Å². The molecule has 0 saturated carbocycles. The van der Waals surface area contributed by atoms with Gasteiger partial charge in [-0.05, 0) is 55.7 Å². The first-order valence-corrected chi connectivity index (χ1v) is 15.3. The van der Waals surface area contributed by atoms with E-state index < -0.39 is 15.9 Å². The predicted octanol–water partition coefficient (Wildman–Crippen LogP) is 1.71. The fourth-order valence-corrected chi connectivity index (χ4v) is 6.12. The summed E-state index contributed by atoms with van der Waals surface area (Å²) in [5.74, 6) is 1.17. The molecule has 10 nitrogen and oxygen atoms in total. The maximum absolute atomic E-state index is 13.2. The zero-order valence-corrected chi connectivity index (χ0v) is 23.3. The minimum absolute atomic E-state index is 0.0161. The summed E-state index contributed by atoms with van der Waals surface area (Å²) in [6.45, 7) is 3.63. The number of nitrogens with zero attached hydrogens (tertiary/aromatic N) is 2. The van der Waals surface area contributed by atoms with Crippen LogP contribution in [-0.2, 0) is 14.6 Å². The fourth-order valence-electron chi connectivity index (χ4n) is 5.46. The number of likely N-dealkylation sites (tertiary alicyclic amines) is 1. The molecule has 2 N–H and O–H groups in total. The van der Waals surface area contributed by atoms with Crippen molar-refractivity contribution in [3.8, 4) is 11.5 Å². The largest absolute Gasteiger partial charge is 0.491 e. The number of hydrogen-bond donors (Lipinski definition) is 2. The number of nitrogens with one attached hydrogen (secondary N) is 1. The molecule has 0 aliphatic carbocycles. The molecular weight excluding hydrogens is 522 g/mol. The van der Waals surface area contributed by atoms with Gasteiger partial charge in [-0.3, -0.25) is 4.79 Å². The van der Waals surface area contributed by atoms with Gasteiger partial charge >= 0.3 is 0 Å². The normalized spacial score (nSPS) is 21.4. The van der Waals surface area contributed by atoms with Crippen molar-refractivity contribution in [3.05, 3.63) is 48.0 Å². The molecule has 3 aliphatic heterocycles. The van der Waals surface area contributed by atoms with Crippen molar-refractivity contribution in [2.45, 2.75) is 41.9 Å². The summed E-state index contributed by atoms with van der Waals surface area (Å²) in [5, 5.41) is 13.8. The molecule has 1 unspecified atom stereocenters. The number of sulfone groups is 1. The van der Waals surface area contributed by atoms with Gasteiger partial charge in [-0.1, -0.05) is 6.07 Å². The molecule has 11 heteroatoms. The van der Waals surface area contributed by atoms with Crippen molar-refractivity contribution in [1.29, 1.82) is 0 Å². The van der Waals surface area contributed by atoms with Gasteiger partial charge in [-0.2, -0.15) is 0 Å². The van der Waals surface area contributed by atoms with E-state index in [1.165, 1.54) is 12.1 Å². The van der Waals surface area contributed by atoms with Crippen LogP contribution in [0.5, 0.6) is 11.5 Å². The minimum atomic E-state index is -3.32. The molecule has 5 rings (SSSR count). The highest BCUT2D eigenvalue weighted by Gasteiger charge is 2.43. The van der Waals surface area contributed by atoms with Crippen molar-refractivity contribution < 1.29 is 32.5 Å². The number of carbonyl (C=O) groups excluding carboxylic acids is 1. The van der Waals surface area contributed by atoms with E-state index in [4.69, 9.17) is 14.2 Å². The van der Waals surface area contributed by atoms with Crippen LogP contribution in [0.25, 0.3) is 0 Å². The number of fused-ring (bicyclic) bond motifs is 1. The van der Waals surface area contributed by atoms with E-state index >= 15 is 0 Å². The zero-order valence-electron chi connectivity index (χ0n) is 22.5. The SMILES string of the molecule is CN1CCOc2cc(C(=O)N3CCC4(CC3)CC(NC[C@H](O)COc3cccc(S(C)(=O)=O)c3)CO4)ccc21. The van der Waals surface area contributed by atoms with Gasteiger partial charge in [0, 0.05) is 44.5 Å². The monoisotopic (exact) mass is 559 g/mol. The highest BCUT2D eigenvalue weighted by Crippen LogP contribution is 2.37. The first-order chi connectivity index (χ1) is 18.6. The van der Waals surface area contributed by atoms with Crippen LogP contribution >= 0.6 is 0 Å². The van der Waals surface area contributed by atoms with Crippen LogP contribution in [0, 0.1) is 0 Å². The van der Waals surface area contributed by atoms with Gasteiger partial charge in [0.25, 0.3) is 5.91 Å². The summed E-state index contributed by atoms with van der Waals surface area (Å²) in [6.07, 6.45) is 2.74. The summed E-state index contributed by atoms with van der Waals surface area (Å²) in [4.78, 5) is 17.4. The lowest BCUT2D eigenvalue weighted by molar-refractivity contribution is -0.0389. The fraction of sp³-hybridized carbons (Fsp3) is 0.536. The molecule has 0 aromatic heterocycles. The smallest absolute Gasteiger partial charge is 0.253 e. The second-order valence-electron chi connectivity index (χ2n) is 10.8. The maximum atomic E-state index is 13.2. The van der Waals surface area contributed by atoms with Crippen LogP contribution in [0.3, 0.4) is 0 Å². The van der Waals surface area contributed by atoms with E-state index in [-0.39, 0.29) is 29.1 Å². The van der Waals surface area contributed by atoms with Crippen molar-refractivity contribution in [2.75, 3.05) is 64.2 Å². The number of amides is 1. The quantitative estimate of drug-likeness (QED) is 0.498. The van der Waals surface area contributed by atoms with E-state index in [9.17, 15) is 18.3 Å². The highest BCUT2D eigenvalue weighted by atomic mass is 32.2. The van der Waals surface area contributed by atoms with Gasteiger partial charge in [0.2, 0.25) is 0 Å². The number of hydrogen-bond acceptors (Lipinski definition) is 9. The summed E-state index contributed by atoms with van der Waals surface area (Å²) < 4.78 is 41.0. The molecule has 212 valence electrons. The van der Waals surface area contributed by atoms with Gasteiger partial charge in [0.15, 0.2) is 9.84 Å². The van der Waals surface area contributed by atoms with Crippen molar-refractivity contribution >= 4 is 21.4 Å². The van der Waals surface area contributed by atoms with Crippen molar-refractivity contribution in [1.82, 2.24) is 10.2 Å². The van der Waals surface area contributed by atoms with Gasteiger partial charge in [0.1, 0.15) is 30.8 Å². The van der Waals surface area contributed by atoms with Crippen LogP contribution < -0.4 is 19.7 Å². The Bertz CT molecular complexity index is 1290. The summed E-state index contributed by atoms with van der Waals surface area (Å²) in [7, 11) is -1.30. The zero-order chi connectivity index (χ0) is 27.6. The molecule has 2 fully saturated rings. The number of anilines is 1. The first-order valence-electron chi connectivity index (χ1n) is 13.4. The lowest BCUT2D eigenvalue weighted by atomic mass is 9.87. The van der Waals surface area contributed by atoms with E-state index in [0.717, 1.165) is 43.5 Å². The number of likely N-dealkylation sites (N-methyl/N-ethyl adjacent to an activating group) is 1. The molecule has 2 aromatic rings. The number of carbonyl (C=O) groups is 1. The number of ether oxygens (including phenoxy) is 3. The third kappa shape index (κ3) is 6.49. The van der Waals surface area contributed by atoms with Crippen LogP contribution in [0.2, 0.25) is 0 Å². The number of aliphatic hydroxyl groups excluding tert-OH is 1. The number of piperidine rings is 1. The van der Waals surface area contributed by atoms with Gasteiger partial charge in [-0.25, -0.2) is 8.42 Å². The third-order valence-corrected chi connectivity index (χ3v) is 8.90. The van der Waals surface area contributed by atoms with E-state index in [0.29, 0.717) is 44.2 Å². The van der Waals surface area contributed by atoms with E-state index in [1.807, 2.05) is 30.1 Å². The van der Waals surface area contributed by atoms with Crippen molar-refractivity contribution in [2.24, 2.45) is 0 Å². The molecular formula is C28H37N3O7S. The average molecular weight is 560 g/mol. The Balaban J connectivity index is 1.06. The lowest BCUT2D eigenvalue weighted by Crippen LogP contribution is -2.47. The predicted molar refractivity (Wildman–Crippen MR) is 146 cm³/mol. The van der Waals surface area contributed by atoms with Crippen LogP contribution in [-0.4, -0.2) is 101 Å². The second-order valence-corrected chi connectivity index (χ2v) is 12.8. The number of benzene rings is 2. The Morgan fingerprint density at radius 3 is 2.77 bits per heavy atom. The Kier molecular flexibility index (Phi) is 8.04. The first kappa shape index (κ1) is 27.7. The van der Waals surface area contributed by atoms with Gasteiger partial charge < -0.3 is 34.4 Å². The Morgan fingerprint density at radius 2 is 2.00 bits per heavy atom. The standard InChI is InChI=1S/C28H37N3O7S/c1-30-12-13-36-26-14-20(6-7-25(26)30)27(33)31-10-8-28(9-11-31)16-21(18-38-28)29-17-22(32)19-37-23-4-3-5-24(15-23)39(2,34)35/h3-7,14-15,21-22,29,32H,8-13,16-19H2,1-2H3/t21?,22-/m0/s1. The number of rotatable bonds is 8. The summed E-state index contributed by atoms with van der Waals surface area (Å²) in [6, 6.07) is 12.0. The molecule has 1 spiro atoms.